The highest BCUT2D eigenvalue weighted by Crippen LogP contribution is 2.21. The average molecular weight is 211 g/mol. The number of methoxy groups -OCH3 is 1. The van der Waals surface area contributed by atoms with Crippen molar-refractivity contribution in [2.45, 2.75) is 6.54 Å². The molecule has 3 nitrogen and oxygen atoms in total. The molecule has 0 radical (unpaired) electrons. The van der Waals surface area contributed by atoms with E-state index < -0.39 is 0 Å². The number of halogens is 1. The molecule has 0 spiro atoms. The Morgan fingerprint density at radius 1 is 1.57 bits per heavy atom. The average Bonchev–Trinajstić information content (AvgIpc) is 2.20. The van der Waals surface area contributed by atoms with E-state index in [0.717, 1.165) is 11.3 Å². The van der Waals surface area contributed by atoms with Crippen molar-refractivity contribution in [3.05, 3.63) is 28.8 Å². The number of hydrogen-bond donors (Lipinski definition) is 1. The summed E-state index contributed by atoms with van der Waals surface area (Å²) < 4.78 is 5.02. The Morgan fingerprint density at radius 2 is 2.36 bits per heavy atom. The lowest BCUT2D eigenvalue weighted by atomic mass is 10.2. The minimum Gasteiger partial charge on any atom is -0.497 e. The molecular weight excluding hydrogens is 200 g/mol. The highest BCUT2D eigenvalue weighted by Gasteiger charge is 2.01. The number of benzene rings is 1. The van der Waals surface area contributed by atoms with Gasteiger partial charge in [-0.05, 0) is 17.7 Å². The number of nitrogens with zero attached hydrogens (tertiary/aromatic N) is 1. The molecule has 4 heteroatoms. The zero-order valence-electron chi connectivity index (χ0n) is 7.88. The second kappa shape index (κ2) is 5.48. The number of nitriles is 1. The molecule has 0 aliphatic heterocycles. The Balaban J connectivity index is 2.65. The molecule has 0 unspecified atom stereocenters. The largest absolute Gasteiger partial charge is 0.497 e. The second-order valence-corrected chi connectivity index (χ2v) is 3.13. The number of ether oxygens (including phenoxy) is 1. The van der Waals surface area contributed by atoms with Crippen LogP contribution in [-0.4, -0.2) is 13.7 Å². The molecule has 0 bridgehead atoms. The number of rotatable bonds is 4. The van der Waals surface area contributed by atoms with Gasteiger partial charge in [0.15, 0.2) is 0 Å². The summed E-state index contributed by atoms with van der Waals surface area (Å²) in [6, 6.07) is 7.48. The first-order chi connectivity index (χ1) is 6.77. The molecule has 0 aliphatic carbocycles. The van der Waals surface area contributed by atoms with E-state index in [0.29, 0.717) is 18.1 Å². The van der Waals surface area contributed by atoms with E-state index in [1.807, 2.05) is 18.2 Å². The van der Waals surface area contributed by atoms with Crippen molar-refractivity contribution in [1.29, 1.82) is 5.26 Å². The maximum absolute atomic E-state index is 8.33. The van der Waals surface area contributed by atoms with Crippen LogP contribution < -0.4 is 10.1 Å². The zero-order chi connectivity index (χ0) is 10.4. The van der Waals surface area contributed by atoms with Crippen molar-refractivity contribution in [3.63, 3.8) is 0 Å². The van der Waals surface area contributed by atoms with Crippen LogP contribution in [0.15, 0.2) is 18.2 Å². The van der Waals surface area contributed by atoms with Crippen molar-refractivity contribution in [2.75, 3.05) is 13.7 Å². The third kappa shape index (κ3) is 2.91. The predicted octanol–water partition coefficient (Wildman–Crippen LogP) is 1.96. The van der Waals surface area contributed by atoms with E-state index in [-0.39, 0.29) is 0 Å². The van der Waals surface area contributed by atoms with E-state index in [1.165, 1.54) is 0 Å². The van der Waals surface area contributed by atoms with Gasteiger partial charge in [-0.25, -0.2) is 0 Å². The van der Waals surface area contributed by atoms with Gasteiger partial charge in [-0.3, -0.25) is 0 Å². The van der Waals surface area contributed by atoms with Crippen LogP contribution >= 0.6 is 11.6 Å². The first kappa shape index (κ1) is 10.8. The van der Waals surface area contributed by atoms with Gasteiger partial charge in [-0.2, -0.15) is 5.26 Å². The Bertz CT molecular complexity index is 346. The first-order valence-electron chi connectivity index (χ1n) is 4.18. The van der Waals surface area contributed by atoms with Crippen molar-refractivity contribution < 1.29 is 4.74 Å². The van der Waals surface area contributed by atoms with E-state index >= 15 is 0 Å². The van der Waals surface area contributed by atoms with Gasteiger partial charge in [-0.1, -0.05) is 17.7 Å². The van der Waals surface area contributed by atoms with Crippen molar-refractivity contribution in [1.82, 2.24) is 5.32 Å². The van der Waals surface area contributed by atoms with Crippen LogP contribution in [0.4, 0.5) is 0 Å². The van der Waals surface area contributed by atoms with Crippen LogP contribution in [0.3, 0.4) is 0 Å². The summed E-state index contributed by atoms with van der Waals surface area (Å²) >= 11 is 5.98. The molecule has 0 saturated carbocycles. The molecule has 0 aromatic heterocycles. The Morgan fingerprint density at radius 3 is 2.93 bits per heavy atom. The van der Waals surface area contributed by atoms with Crippen LogP contribution in [-0.2, 0) is 6.54 Å². The summed E-state index contributed by atoms with van der Waals surface area (Å²) in [5, 5.41) is 11.9. The predicted molar refractivity (Wildman–Crippen MR) is 55.3 cm³/mol. The van der Waals surface area contributed by atoms with Gasteiger partial charge in [0.2, 0.25) is 0 Å². The first-order valence-corrected chi connectivity index (χ1v) is 4.56. The summed E-state index contributed by atoms with van der Waals surface area (Å²) in [7, 11) is 1.60. The SMILES string of the molecule is COc1ccc(CNCC#N)c(Cl)c1. The second-order valence-electron chi connectivity index (χ2n) is 2.72. The van der Waals surface area contributed by atoms with Crippen molar-refractivity contribution in [2.24, 2.45) is 0 Å². The van der Waals surface area contributed by atoms with Crippen LogP contribution in [0.1, 0.15) is 5.56 Å². The smallest absolute Gasteiger partial charge is 0.120 e. The maximum atomic E-state index is 8.33. The summed E-state index contributed by atoms with van der Waals surface area (Å²) in [6.07, 6.45) is 0. The minimum atomic E-state index is 0.322. The highest BCUT2D eigenvalue weighted by molar-refractivity contribution is 6.31. The molecule has 1 aromatic carbocycles. The fourth-order valence-corrected chi connectivity index (χ4v) is 1.29. The fourth-order valence-electron chi connectivity index (χ4n) is 1.05. The Labute approximate surface area is 88.3 Å². The van der Waals surface area contributed by atoms with Crippen molar-refractivity contribution in [3.8, 4) is 11.8 Å². The molecule has 1 N–H and O–H groups in total. The van der Waals surface area contributed by atoms with E-state index in [9.17, 15) is 0 Å². The maximum Gasteiger partial charge on any atom is 0.120 e. The van der Waals surface area contributed by atoms with Crippen molar-refractivity contribution >= 4 is 11.6 Å². The topological polar surface area (TPSA) is 45.0 Å². The lowest BCUT2D eigenvalue weighted by Gasteiger charge is -2.06. The third-order valence-corrected chi connectivity index (χ3v) is 2.13. The molecule has 0 aliphatic rings. The molecule has 0 saturated heterocycles. The van der Waals surface area contributed by atoms with E-state index in [4.69, 9.17) is 21.6 Å². The molecule has 0 fully saturated rings. The summed E-state index contributed by atoms with van der Waals surface area (Å²) in [6.45, 7) is 0.915. The van der Waals surface area contributed by atoms with Gasteiger partial charge >= 0.3 is 0 Å². The molecule has 0 atom stereocenters. The van der Waals surface area contributed by atoms with E-state index in [1.54, 1.807) is 13.2 Å². The fraction of sp³-hybridized carbons (Fsp3) is 0.300. The summed E-state index contributed by atoms with van der Waals surface area (Å²) in [5.41, 5.74) is 0.961. The van der Waals surface area contributed by atoms with Gasteiger partial charge in [0.1, 0.15) is 5.75 Å². The monoisotopic (exact) mass is 210 g/mol. The van der Waals surface area contributed by atoms with Crippen LogP contribution in [0.25, 0.3) is 0 Å². The standard InChI is InChI=1S/C10H11ClN2O/c1-14-9-3-2-8(10(11)6-9)7-13-5-4-12/h2-3,6,13H,5,7H2,1H3. The molecule has 74 valence electrons. The normalized spacial score (nSPS) is 9.50. The molecule has 1 aromatic rings. The van der Waals surface area contributed by atoms with Crippen LogP contribution in [0.2, 0.25) is 5.02 Å². The van der Waals surface area contributed by atoms with Gasteiger partial charge in [0.25, 0.3) is 0 Å². The highest BCUT2D eigenvalue weighted by atomic mass is 35.5. The van der Waals surface area contributed by atoms with E-state index in [2.05, 4.69) is 5.32 Å². The third-order valence-electron chi connectivity index (χ3n) is 1.78. The Kier molecular flexibility index (Phi) is 4.24. The summed E-state index contributed by atoms with van der Waals surface area (Å²) in [5.74, 6) is 0.735. The van der Waals surface area contributed by atoms with Gasteiger partial charge in [-0.15, -0.1) is 0 Å². The van der Waals surface area contributed by atoms with Gasteiger partial charge < -0.3 is 10.1 Å². The van der Waals surface area contributed by atoms with Gasteiger partial charge in [0.05, 0.1) is 19.7 Å². The molecular formula is C10H11ClN2O. The molecule has 0 heterocycles. The number of hydrogen-bond acceptors (Lipinski definition) is 3. The minimum absolute atomic E-state index is 0.322. The van der Waals surface area contributed by atoms with Crippen LogP contribution in [0, 0.1) is 11.3 Å². The molecule has 0 amide bonds. The number of nitrogens with one attached hydrogen (secondary N) is 1. The zero-order valence-corrected chi connectivity index (χ0v) is 8.64. The van der Waals surface area contributed by atoms with Gasteiger partial charge in [0, 0.05) is 11.6 Å². The lowest BCUT2D eigenvalue weighted by Crippen LogP contribution is -2.13. The summed E-state index contributed by atoms with van der Waals surface area (Å²) in [4.78, 5) is 0. The molecule has 1 rings (SSSR count). The Hall–Kier alpha value is -1.24. The molecule has 14 heavy (non-hydrogen) atoms. The quantitative estimate of drug-likeness (QED) is 0.611. The van der Waals surface area contributed by atoms with Crippen LogP contribution in [0.5, 0.6) is 5.75 Å². The lowest BCUT2D eigenvalue weighted by molar-refractivity contribution is 0.414.